The zero-order valence-electron chi connectivity index (χ0n) is 11.2. The van der Waals surface area contributed by atoms with E-state index in [-0.39, 0.29) is 5.91 Å². The van der Waals surface area contributed by atoms with Crippen LogP contribution in [0, 0.1) is 0 Å². The lowest BCUT2D eigenvalue weighted by Crippen LogP contribution is -2.61. The number of hydrogen-bond acceptors (Lipinski definition) is 4. The van der Waals surface area contributed by atoms with Gasteiger partial charge in [-0.05, 0) is 37.3 Å². The van der Waals surface area contributed by atoms with Gasteiger partial charge in [-0.15, -0.1) is 0 Å². The van der Waals surface area contributed by atoms with Crippen LogP contribution in [0.1, 0.15) is 17.4 Å². The average Bonchev–Trinajstić information content (AvgIpc) is 2.85. The van der Waals surface area contributed by atoms with E-state index in [1.54, 1.807) is 40.9 Å². The molecule has 1 aliphatic rings. The van der Waals surface area contributed by atoms with Crippen molar-refractivity contribution in [3.05, 3.63) is 42.2 Å². The number of nitrogens with two attached hydrogens (primary N) is 1. The zero-order chi connectivity index (χ0) is 14.3. The van der Waals surface area contributed by atoms with Crippen molar-refractivity contribution in [3.8, 4) is 5.69 Å². The zero-order valence-corrected chi connectivity index (χ0v) is 11.2. The highest BCUT2D eigenvalue weighted by atomic mass is 16.3. The highest BCUT2D eigenvalue weighted by Crippen LogP contribution is 2.21. The minimum atomic E-state index is -0.769. The van der Waals surface area contributed by atoms with Gasteiger partial charge >= 0.3 is 0 Å². The molecule has 3 N–H and O–H groups in total. The number of nitrogen functional groups attached to an aromatic ring is 1. The molecule has 2 heterocycles. The maximum absolute atomic E-state index is 12.1. The molecule has 0 bridgehead atoms. The summed E-state index contributed by atoms with van der Waals surface area (Å²) in [5, 5.41) is 13.9. The van der Waals surface area contributed by atoms with E-state index in [0.717, 1.165) is 5.69 Å². The van der Waals surface area contributed by atoms with E-state index in [4.69, 9.17) is 5.73 Å². The van der Waals surface area contributed by atoms with Crippen LogP contribution in [0.3, 0.4) is 0 Å². The van der Waals surface area contributed by atoms with Crippen LogP contribution < -0.4 is 5.73 Å². The summed E-state index contributed by atoms with van der Waals surface area (Å²) in [6.45, 7) is 2.41. The summed E-state index contributed by atoms with van der Waals surface area (Å²) in [7, 11) is 0. The van der Waals surface area contributed by atoms with E-state index >= 15 is 0 Å². The number of likely N-dealkylation sites (tertiary alicyclic amines) is 1. The number of rotatable bonds is 2. The van der Waals surface area contributed by atoms with Crippen LogP contribution in [0.15, 0.2) is 36.5 Å². The van der Waals surface area contributed by atoms with Gasteiger partial charge in [0.25, 0.3) is 5.91 Å². The summed E-state index contributed by atoms with van der Waals surface area (Å²) in [6, 6.07) is 8.91. The Kier molecular flexibility index (Phi) is 2.76. The Labute approximate surface area is 116 Å². The van der Waals surface area contributed by atoms with Crippen LogP contribution in [0.25, 0.3) is 5.69 Å². The fraction of sp³-hybridized carbons (Fsp3) is 0.286. The van der Waals surface area contributed by atoms with Gasteiger partial charge in [-0.3, -0.25) is 4.79 Å². The minimum Gasteiger partial charge on any atom is -0.399 e. The number of amides is 1. The van der Waals surface area contributed by atoms with Gasteiger partial charge in [-0.1, -0.05) is 0 Å². The van der Waals surface area contributed by atoms with Crippen molar-refractivity contribution in [2.45, 2.75) is 12.5 Å². The molecule has 0 saturated carbocycles. The highest BCUT2D eigenvalue weighted by molar-refractivity contribution is 5.93. The third-order valence-electron chi connectivity index (χ3n) is 3.32. The van der Waals surface area contributed by atoms with E-state index in [2.05, 4.69) is 5.10 Å². The lowest BCUT2D eigenvalue weighted by molar-refractivity contribution is -0.0670. The summed E-state index contributed by atoms with van der Waals surface area (Å²) in [5.41, 5.74) is 6.76. The van der Waals surface area contributed by atoms with E-state index in [9.17, 15) is 9.90 Å². The van der Waals surface area contributed by atoms with Crippen LogP contribution in [-0.4, -0.2) is 44.4 Å². The Morgan fingerprint density at radius 2 is 1.95 bits per heavy atom. The van der Waals surface area contributed by atoms with Gasteiger partial charge < -0.3 is 15.7 Å². The lowest BCUT2D eigenvalue weighted by Gasteiger charge is -2.43. The molecule has 0 atom stereocenters. The van der Waals surface area contributed by atoms with Crippen molar-refractivity contribution in [1.29, 1.82) is 0 Å². The normalized spacial score (nSPS) is 16.8. The molecule has 1 saturated heterocycles. The standard InChI is InChI=1S/C14H16N4O2/c1-14(20)8-17(9-14)13(19)12-6-7-18(16-12)11-4-2-10(15)3-5-11/h2-7,20H,8-9,15H2,1H3. The Hall–Kier alpha value is -2.34. The van der Waals surface area contributed by atoms with Gasteiger partial charge in [0, 0.05) is 11.9 Å². The monoisotopic (exact) mass is 272 g/mol. The summed E-state index contributed by atoms with van der Waals surface area (Å²) in [5.74, 6) is -0.161. The molecule has 6 nitrogen and oxygen atoms in total. The van der Waals surface area contributed by atoms with Gasteiger partial charge in [0.05, 0.1) is 24.4 Å². The number of hydrogen-bond donors (Lipinski definition) is 2. The topological polar surface area (TPSA) is 84.4 Å². The molecule has 1 aromatic carbocycles. The smallest absolute Gasteiger partial charge is 0.274 e. The van der Waals surface area contributed by atoms with E-state index in [1.165, 1.54) is 0 Å². The molecule has 20 heavy (non-hydrogen) atoms. The second-order valence-electron chi connectivity index (χ2n) is 5.40. The predicted molar refractivity (Wildman–Crippen MR) is 74.5 cm³/mol. The van der Waals surface area contributed by atoms with Crippen molar-refractivity contribution in [2.24, 2.45) is 0 Å². The number of anilines is 1. The Morgan fingerprint density at radius 3 is 2.55 bits per heavy atom. The van der Waals surface area contributed by atoms with Crippen molar-refractivity contribution in [3.63, 3.8) is 0 Å². The van der Waals surface area contributed by atoms with Crippen molar-refractivity contribution >= 4 is 11.6 Å². The maximum atomic E-state index is 12.1. The van der Waals surface area contributed by atoms with Crippen molar-refractivity contribution in [1.82, 2.24) is 14.7 Å². The van der Waals surface area contributed by atoms with Crippen LogP contribution in [-0.2, 0) is 0 Å². The number of aromatic nitrogens is 2. The lowest BCUT2D eigenvalue weighted by atomic mass is 9.97. The first kappa shape index (κ1) is 12.7. The molecule has 0 aliphatic carbocycles. The maximum Gasteiger partial charge on any atom is 0.274 e. The third-order valence-corrected chi connectivity index (χ3v) is 3.32. The first-order valence-electron chi connectivity index (χ1n) is 6.38. The predicted octanol–water partition coefficient (Wildman–Crippen LogP) is 0.661. The molecule has 0 unspecified atom stereocenters. The average molecular weight is 272 g/mol. The number of nitrogens with zero attached hydrogens (tertiary/aromatic N) is 3. The second kappa shape index (κ2) is 4.35. The molecule has 3 rings (SSSR count). The molecule has 1 aromatic heterocycles. The summed E-state index contributed by atoms with van der Waals surface area (Å²) in [6.07, 6.45) is 1.73. The van der Waals surface area contributed by atoms with Crippen molar-refractivity contribution in [2.75, 3.05) is 18.8 Å². The van der Waals surface area contributed by atoms with Crippen LogP contribution in [0.5, 0.6) is 0 Å². The molecule has 1 amide bonds. The number of carbonyl (C=O) groups is 1. The number of β-amino-alcohol motifs (C(OH)–C–C–N with tert-alkyl or cyclic N) is 1. The van der Waals surface area contributed by atoms with Crippen LogP contribution >= 0.6 is 0 Å². The molecule has 104 valence electrons. The van der Waals surface area contributed by atoms with Gasteiger partial charge in [0.2, 0.25) is 0 Å². The van der Waals surface area contributed by atoms with Crippen LogP contribution in [0.4, 0.5) is 5.69 Å². The first-order valence-corrected chi connectivity index (χ1v) is 6.38. The van der Waals surface area contributed by atoms with E-state index < -0.39 is 5.60 Å². The third kappa shape index (κ3) is 2.25. The molecular weight excluding hydrogens is 256 g/mol. The van der Waals surface area contributed by atoms with Gasteiger partial charge in [-0.2, -0.15) is 5.10 Å². The molecule has 2 aromatic rings. The highest BCUT2D eigenvalue weighted by Gasteiger charge is 2.40. The quantitative estimate of drug-likeness (QED) is 0.787. The molecule has 0 radical (unpaired) electrons. The van der Waals surface area contributed by atoms with Gasteiger partial charge in [-0.25, -0.2) is 4.68 Å². The summed E-state index contributed by atoms with van der Waals surface area (Å²) >= 11 is 0. The van der Waals surface area contributed by atoms with Gasteiger partial charge in [0.1, 0.15) is 0 Å². The molecule has 0 spiro atoms. The molecule has 6 heteroatoms. The van der Waals surface area contributed by atoms with Crippen LogP contribution in [0.2, 0.25) is 0 Å². The minimum absolute atomic E-state index is 0.161. The molecule has 1 fully saturated rings. The fourth-order valence-corrected chi connectivity index (χ4v) is 2.29. The summed E-state index contributed by atoms with van der Waals surface area (Å²) in [4.78, 5) is 13.7. The molecular formula is C14H16N4O2. The molecule has 1 aliphatic heterocycles. The largest absolute Gasteiger partial charge is 0.399 e. The van der Waals surface area contributed by atoms with E-state index in [1.807, 2.05) is 12.1 Å². The Balaban J connectivity index is 1.77. The number of carbonyl (C=O) groups excluding carboxylic acids is 1. The SMILES string of the molecule is CC1(O)CN(C(=O)c2ccn(-c3ccc(N)cc3)n2)C1. The van der Waals surface area contributed by atoms with Gasteiger partial charge in [0.15, 0.2) is 5.69 Å². The van der Waals surface area contributed by atoms with Crippen molar-refractivity contribution < 1.29 is 9.90 Å². The Bertz CT molecular complexity index is 637. The number of benzene rings is 1. The first-order chi connectivity index (χ1) is 9.44. The van der Waals surface area contributed by atoms with E-state index in [0.29, 0.717) is 24.5 Å². The second-order valence-corrected chi connectivity index (χ2v) is 5.40. The number of aliphatic hydroxyl groups is 1. The Morgan fingerprint density at radius 1 is 1.30 bits per heavy atom. The fourth-order valence-electron chi connectivity index (χ4n) is 2.29. The summed E-state index contributed by atoms with van der Waals surface area (Å²) < 4.78 is 1.63.